The van der Waals surface area contributed by atoms with Crippen molar-refractivity contribution in [1.29, 1.82) is 5.26 Å². The van der Waals surface area contributed by atoms with E-state index in [0.29, 0.717) is 11.1 Å². The topological polar surface area (TPSA) is 53.0 Å². The molecular weight excluding hydrogens is 267 g/mol. The summed E-state index contributed by atoms with van der Waals surface area (Å²) in [7, 11) is 1.40. The third-order valence-corrected chi connectivity index (χ3v) is 3.18. The zero-order valence-electron chi connectivity index (χ0n) is 11.5. The van der Waals surface area contributed by atoms with E-state index in [4.69, 9.17) is 11.0 Å². The molecule has 0 fully saturated rings. The first-order valence-corrected chi connectivity index (χ1v) is 6.31. The molecular formula is C14H18F3N3. The second-order valence-electron chi connectivity index (χ2n) is 4.79. The minimum absolute atomic E-state index is 0.0907. The number of nitriles is 1. The molecule has 0 aliphatic rings. The van der Waals surface area contributed by atoms with Crippen LogP contribution in [0, 0.1) is 11.3 Å². The molecule has 0 saturated heterocycles. The molecule has 1 aromatic carbocycles. The van der Waals surface area contributed by atoms with E-state index >= 15 is 0 Å². The summed E-state index contributed by atoms with van der Waals surface area (Å²) >= 11 is 0. The standard InChI is InChI=1S/C14H18F3N3/c1-3-12(19)13(14(15,16)17)20(2)9-11-6-4-5-10(7-11)8-18/h4-7,12-13H,3,9,19H2,1-2H3. The third-order valence-electron chi connectivity index (χ3n) is 3.18. The normalized spacial score (nSPS) is 14.9. The lowest BCUT2D eigenvalue weighted by Crippen LogP contribution is -2.54. The van der Waals surface area contributed by atoms with Gasteiger partial charge in [-0.15, -0.1) is 0 Å². The lowest BCUT2D eigenvalue weighted by atomic mass is 10.0. The van der Waals surface area contributed by atoms with Crippen LogP contribution in [0.15, 0.2) is 24.3 Å². The Hall–Kier alpha value is -1.58. The summed E-state index contributed by atoms with van der Waals surface area (Å²) in [6.07, 6.45) is -4.14. The number of halogens is 3. The smallest absolute Gasteiger partial charge is 0.326 e. The van der Waals surface area contributed by atoms with Gasteiger partial charge in [-0.2, -0.15) is 18.4 Å². The highest BCUT2D eigenvalue weighted by Gasteiger charge is 2.45. The monoisotopic (exact) mass is 285 g/mol. The van der Waals surface area contributed by atoms with Crippen LogP contribution in [0.25, 0.3) is 0 Å². The van der Waals surface area contributed by atoms with Gasteiger partial charge >= 0.3 is 6.18 Å². The van der Waals surface area contributed by atoms with Crippen molar-refractivity contribution in [3.8, 4) is 6.07 Å². The number of benzene rings is 1. The first-order chi connectivity index (χ1) is 9.29. The molecule has 0 aromatic heterocycles. The van der Waals surface area contributed by atoms with Gasteiger partial charge in [0.25, 0.3) is 0 Å². The summed E-state index contributed by atoms with van der Waals surface area (Å²) in [5.74, 6) is 0. The van der Waals surface area contributed by atoms with Crippen molar-refractivity contribution in [2.75, 3.05) is 7.05 Å². The maximum atomic E-state index is 13.1. The number of hydrogen-bond donors (Lipinski definition) is 1. The van der Waals surface area contributed by atoms with Crippen LogP contribution in [0.5, 0.6) is 0 Å². The Morgan fingerprint density at radius 3 is 2.55 bits per heavy atom. The van der Waals surface area contributed by atoms with Crippen LogP contribution >= 0.6 is 0 Å². The molecule has 0 aliphatic heterocycles. The Morgan fingerprint density at radius 2 is 2.05 bits per heavy atom. The Balaban J connectivity index is 2.91. The molecule has 0 heterocycles. The van der Waals surface area contributed by atoms with Gasteiger partial charge in [-0.05, 0) is 31.2 Å². The number of alkyl halides is 3. The van der Waals surface area contributed by atoms with E-state index in [9.17, 15) is 13.2 Å². The first-order valence-electron chi connectivity index (χ1n) is 6.31. The van der Waals surface area contributed by atoms with Crippen molar-refractivity contribution in [2.24, 2.45) is 5.73 Å². The van der Waals surface area contributed by atoms with Crippen LogP contribution < -0.4 is 5.73 Å². The maximum absolute atomic E-state index is 13.1. The van der Waals surface area contributed by atoms with Gasteiger partial charge in [0.15, 0.2) is 0 Å². The SMILES string of the molecule is CCC(N)C(N(C)Cc1cccc(C#N)c1)C(F)(F)F. The first kappa shape index (κ1) is 16.5. The lowest BCUT2D eigenvalue weighted by molar-refractivity contribution is -0.187. The van der Waals surface area contributed by atoms with E-state index in [0.717, 1.165) is 0 Å². The van der Waals surface area contributed by atoms with E-state index in [1.807, 2.05) is 6.07 Å². The molecule has 2 N–H and O–H groups in total. The van der Waals surface area contributed by atoms with Crippen LogP contribution in [0.4, 0.5) is 13.2 Å². The predicted octanol–water partition coefficient (Wildman–Crippen LogP) is 2.66. The Kier molecular flexibility index (Phi) is 5.54. The summed E-state index contributed by atoms with van der Waals surface area (Å²) in [4.78, 5) is 1.19. The molecule has 2 atom stereocenters. The Labute approximate surface area is 116 Å². The van der Waals surface area contributed by atoms with E-state index in [1.165, 1.54) is 11.9 Å². The number of nitrogens with two attached hydrogens (primary N) is 1. The van der Waals surface area contributed by atoms with Crippen LogP contribution in [0.1, 0.15) is 24.5 Å². The van der Waals surface area contributed by atoms with Crippen molar-refractivity contribution in [2.45, 2.75) is 38.1 Å². The highest BCUT2D eigenvalue weighted by atomic mass is 19.4. The maximum Gasteiger partial charge on any atom is 0.405 e. The van der Waals surface area contributed by atoms with Gasteiger partial charge in [-0.1, -0.05) is 19.1 Å². The Bertz CT molecular complexity index is 479. The predicted molar refractivity (Wildman–Crippen MR) is 70.7 cm³/mol. The highest BCUT2D eigenvalue weighted by molar-refractivity contribution is 5.32. The second-order valence-corrected chi connectivity index (χ2v) is 4.79. The van der Waals surface area contributed by atoms with Gasteiger partial charge in [-0.25, -0.2) is 0 Å². The number of hydrogen-bond acceptors (Lipinski definition) is 3. The molecule has 0 radical (unpaired) electrons. The van der Waals surface area contributed by atoms with E-state index in [1.54, 1.807) is 31.2 Å². The van der Waals surface area contributed by atoms with Crippen molar-refractivity contribution >= 4 is 0 Å². The van der Waals surface area contributed by atoms with Gasteiger partial charge in [0.05, 0.1) is 11.6 Å². The van der Waals surface area contributed by atoms with Crippen LogP contribution in [0.2, 0.25) is 0 Å². The zero-order valence-corrected chi connectivity index (χ0v) is 11.5. The van der Waals surface area contributed by atoms with Gasteiger partial charge in [0, 0.05) is 12.6 Å². The molecule has 0 aliphatic carbocycles. The van der Waals surface area contributed by atoms with Crippen molar-refractivity contribution in [3.63, 3.8) is 0 Å². The zero-order chi connectivity index (χ0) is 15.3. The van der Waals surface area contributed by atoms with Crippen LogP contribution in [-0.4, -0.2) is 30.2 Å². The molecule has 3 nitrogen and oxygen atoms in total. The number of rotatable bonds is 5. The Morgan fingerprint density at radius 1 is 1.40 bits per heavy atom. The van der Waals surface area contributed by atoms with Gasteiger partial charge in [0.1, 0.15) is 6.04 Å². The molecule has 6 heteroatoms. The molecule has 1 aromatic rings. The summed E-state index contributed by atoms with van der Waals surface area (Å²) in [6.45, 7) is 1.72. The van der Waals surface area contributed by atoms with Crippen LogP contribution in [0.3, 0.4) is 0 Å². The molecule has 110 valence electrons. The summed E-state index contributed by atoms with van der Waals surface area (Å²) in [5, 5.41) is 8.80. The minimum atomic E-state index is -4.38. The summed E-state index contributed by atoms with van der Waals surface area (Å²) < 4.78 is 39.2. The third kappa shape index (κ3) is 4.22. The number of nitrogens with zero attached hydrogens (tertiary/aromatic N) is 2. The lowest BCUT2D eigenvalue weighted by Gasteiger charge is -2.33. The summed E-state index contributed by atoms with van der Waals surface area (Å²) in [6, 6.07) is 5.85. The fraction of sp³-hybridized carbons (Fsp3) is 0.500. The molecule has 0 saturated carbocycles. The minimum Gasteiger partial charge on any atom is -0.326 e. The van der Waals surface area contributed by atoms with Crippen LogP contribution in [-0.2, 0) is 6.54 Å². The molecule has 20 heavy (non-hydrogen) atoms. The van der Waals surface area contributed by atoms with Crippen molar-refractivity contribution < 1.29 is 13.2 Å². The molecule has 1 rings (SSSR count). The molecule has 0 amide bonds. The van der Waals surface area contributed by atoms with Gasteiger partial charge in [-0.3, -0.25) is 4.90 Å². The van der Waals surface area contributed by atoms with E-state index in [2.05, 4.69) is 0 Å². The summed E-state index contributed by atoms with van der Waals surface area (Å²) in [5.41, 5.74) is 6.69. The fourth-order valence-corrected chi connectivity index (χ4v) is 2.17. The number of likely N-dealkylation sites (N-methyl/N-ethyl adjacent to an activating group) is 1. The van der Waals surface area contributed by atoms with Gasteiger partial charge in [0.2, 0.25) is 0 Å². The average Bonchev–Trinajstić information content (AvgIpc) is 2.37. The largest absolute Gasteiger partial charge is 0.405 e. The molecule has 0 spiro atoms. The molecule has 0 bridgehead atoms. The van der Waals surface area contributed by atoms with Gasteiger partial charge < -0.3 is 5.73 Å². The van der Waals surface area contributed by atoms with E-state index < -0.39 is 18.3 Å². The van der Waals surface area contributed by atoms with Crippen molar-refractivity contribution in [1.82, 2.24) is 4.90 Å². The quantitative estimate of drug-likeness (QED) is 0.905. The molecule has 2 unspecified atom stereocenters. The second kappa shape index (κ2) is 6.73. The average molecular weight is 285 g/mol. The fourth-order valence-electron chi connectivity index (χ4n) is 2.17. The van der Waals surface area contributed by atoms with E-state index in [-0.39, 0.29) is 13.0 Å². The van der Waals surface area contributed by atoms with Crippen molar-refractivity contribution in [3.05, 3.63) is 35.4 Å². The highest BCUT2D eigenvalue weighted by Crippen LogP contribution is 2.28.